The van der Waals surface area contributed by atoms with E-state index in [4.69, 9.17) is 4.99 Å². The van der Waals surface area contributed by atoms with Gasteiger partial charge in [0.2, 0.25) is 0 Å². The Morgan fingerprint density at radius 1 is 0.724 bits per heavy atom. The molecule has 4 aromatic rings. The number of hydrogen-bond donors (Lipinski definition) is 0. The molecular weight excluding hydrogens is 350 g/mol. The van der Waals surface area contributed by atoms with Gasteiger partial charge in [0.15, 0.2) is 0 Å². The summed E-state index contributed by atoms with van der Waals surface area (Å²) in [6.07, 6.45) is 1.03. The molecule has 4 aromatic carbocycles. The molecule has 138 valence electrons. The molecule has 1 aliphatic heterocycles. The topological polar surface area (TPSA) is 12.4 Å². The zero-order valence-corrected chi connectivity index (χ0v) is 16.7. The SMILES string of the molecule is Cc1ccc2c3c4c(cc(C)c13)Cc1cccc3c1C4C(=N3)C2c1ccccc1. The lowest BCUT2D eigenvalue weighted by atomic mass is 9.65. The quantitative estimate of drug-likeness (QED) is 0.352. The van der Waals surface area contributed by atoms with Crippen LogP contribution in [0.4, 0.5) is 5.69 Å². The third-order valence-electron chi connectivity index (χ3n) is 7.26. The molecule has 0 fully saturated rings. The highest BCUT2D eigenvalue weighted by Crippen LogP contribution is 2.57. The van der Waals surface area contributed by atoms with Crippen molar-refractivity contribution in [2.75, 3.05) is 0 Å². The maximum Gasteiger partial charge on any atom is 0.0674 e. The lowest BCUT2D eigenvalue weighted by Gasteiger charge is -2.37. The van der Waals surface area contributed by atoms with E-state index in [1.165, 1.54) is 66.7 Å². The number of hydrogen-bond acceptors (Lipinski definition) is 1. The molecule has 0 spiro atoms. The Balaban J connectivity index is 1.69. The van der Waals surface area contributed by atoms with E-state index < -0.39 is 0 Å². The minimum atomic E-state index is 0.227. The van der Waals surface area contributed by atoms with Gasteiger partial charge in [-0.1, -0.05) is 60.7 Å². The van der Waals surface area contributed by atoms with Crippen molar-refractivity contribution in [3.05, 3.63) is 111 Å². The normalized spacial score (nSPS) is 20.1. The van der Waals surface area contributed by atoms with Gasteiger partial charge in [0.25, 0.3) is 0 Å². The van der Waals surface area contributed by atoms with E-state index >= 15 is 0 Å². The Bertz CT molecular complexity index is 1390. The zero-order valence-electron chi connectivity index (χ0n) is 16.7. The monoisotopic (exact) mass is 371 g/mol. The molecule has 2 atom stereocenters. The van der Waals surface area contributed by atoms with Crippen LogP contribution in [0.25, 0.3) is 10.8 Å². The van der Waals surface area contributed by atoms with Crippen LogP contribution in [0.1, 0.15) is 56.3 Å². The van der Waals surface area contributed by atoms with Gasteiger partial charge in [-0.2, -0.15) is 0 Å². The highest BCUT2D eigenvalue weighted by atomic mass is 14.8. The van der Waals surface area contributed by atoms with Crippen LogP contribution >= 0.6 is 0 Å². The fourth-order valence-electron chi connectivity index (χ4n) is 6.23. The van der Waals surface area contributed by atoms with Crippen LogP contribution in [0, 0.1) is 13.8 Å². The number of rotatable bonds is 1. The summed E-state index contributed by atoms with van der Waals surface area (Å²) in [4.78, 5) is 5.27. The largest absolute Gasteiger partial charge is 0.255 e. The van der Waals surface area contributed by atoms with Crippen molar-refractivity contribution < 1.29 is 0 Å². The number of aryl methyl sites for hydroxylation is 2. The third-order valence-corrected chi connectivity index (χ3v) is 7.26. The number of benzene rings is 4. The van der Waals surface area contributed by atoms with E-state index in [-0.39, 0.29) is 5.92 Å². The highest BCUT2D eigenvalue weighted by molar-refractivity contribution is 6.15. The first kappa shape index (κ1) is 15.7. The van der Waals surface area contributed by atoms with Crippen molar-refractivity contribution in [1.29, 1.82) is 0 Å². The molecule has 29 heavy (non-hydrogen) atoms. The summed E-state index contributed by atoms with van der Waals surface area (Å²) in [5.74, 6) is 0.539. The van der Waals surface area contributed by atoms with Gasteiger partial charge in [0.1, 0.15) is 0 Å². The van der Waals surface area contributed by atoms with Crippen LogP contribution in [0.15, 0.2) is 71.7 Å². The minimum absolute atomic E-state index is 0.227. The zero-order chi connectivity index (χ0) is 19.3. The second-order valence-electron chi connectivity index (χ2n) is 8.83. The van der Waals surface area contributed by atoms with Crippen LogP contribution in [0.2, 0.25) is 0 Å². The lowest BCUT2D eigenvalue weighted by Crippen LogP contribution is -2.29. The highest BCUT2D eigenvalue weighted by Gasteiger charge is 2.44. The Labute approximate surface area is 170 Å². The van der Waals surface area contributed by atoms with Crippen molar-refractivity contribution in [3.8, 4) is 0 Å². The summed E-state index contributed by atoms with van der Waals surface area (Å²) in [6.45, 7) is 4.55. The molecule has 0 saturated heterocycles. The molecule has 1 heteroatoms. The molecule has 7 rings (SSSR count). The van der Waals surface area contributed by atoms with Crippen LogP contribution in [-0.2, 0) is 6.42 Å². The van der Waals surface area contributed by atoms with Gasteiger partial charge in [0, 0.05) is 11.6 Å². The first-order valence-electron chi connectivity index (χ1n) is 10.5. The Morgan fingerprint density at radius 2 is 1.59 bits per heavy atom. The molecule has 0 bridgehead atoms. The molecule has 0 saturated carbocycles. The average molecular weight is 371 g/mol. The molecule has 0 N–H and O–H groups in total. The lowest BCUT2D eigenvalue weighted by molar-refractivity contribution is 0.913. The van der Waals surface area contributed by atoms with Gasteiger partial charge in [-0.25, -0.2) is 0 Å². The summed E-state index contributed by atoms with van der Waals surface area (Å²) in [6, 6.07) is 24.8. The Hall–Kier alpha value is -3.19. The summed E-state index contributed by atoms with van der Waals surface area (Å²) in [5, 5.41) is 2.95. The molecule has 0 amide bonds. The standard InChI is InChI=1S/C28H21N/c1-15-11-12-20-23(17-7-4-3-5-8-17)28-27-24-18(9-6-10-21(24)29-28)14-19-13-16(2)22(15)26(20)25(19)27/h3-13,23,27H,14H2,1-2H3. The second-order valence-corrected chi connectivity index (χ2v) is 8.83. The van der Waals surface area contributed by atoms with E-state index in [1.807, 2.05) is 0 Å². The van der Waals surface area contributed by atoms with Crippen molar-refractivity contribution in [3.63, 3.8) is 0 Å². The van der Waals surface area contributed by atoms with E-state index in [0.717, 1.165) is 6.42 Å². The molecule has 2 aliphatic carbocycles. The summed E-state index contributed by atoms with van der Waals surface area (Å²) in [7, 11) is 0. The van der Waals surface area contributed by atoms with Gasteiger partial charge >= 0.3 is 0 Å². The predicted octanol–water partition coefficient (Wildman–Crippen LogP) is 6.72. The minimum Gasteiger partial charge on any atom is -0.255 e. The fraction of sp³-hybridized carbons (Fsp3) is 0.179. The molecule has 1 nitrogen and oxygen atoms in total. The summed E-state index contributed by atoms with van der Waals surface area (Å²) >= 11 is 0. The van der Waals surface area contributed by atoms with Crippen molar-refractivity contribution in [1.82, 2.24) is 0 Å². The summed E-state index contributed by atoms with van der Waals surface area (Å²) in [5.41, 5.74) is 14.0. The van der Waals surface area contributed by atoms with Crippen LogP contribution in [0.5, 0.6) is 0 Å². The van der Waals surface area contributed by atoms with Crippen molar-refractivity contribution in [2.24, 2.45) is 4.99 Å². The third kappa shape index (κ3) is 1.84. The van der Waals surface area contributed by atoms with Gasteiger partial charge < -0.3 is 0 Å². The van der Waals surface area contributed by atoms with E-state index in [2.05, 4.69) is 80.6 Å². The molecule has 1 heterocycles. The van der Waals surface area contributed by atoms with E-state index in [0.29, 0.717) is 5.92 Å². The van der Waals surface area contributed by atoms with Gasteiger partial charge in [-0.05, 0) is 81.6 Å². The molecule has 2 unspecified atom stereocenters. The van der Waals surface area contributed by atoms with E-state index in [9.17, 15) is 0 Å². The maximum atomic E-state index is 5.27. The van der Waals surface area contributed by atoms with Crippen LogP contribution in [-0.4, -0.2) is 5.71 Å². The first-order chi connectivity index (χ1) is 14.2. The second kappa shape index (κ2) is 5.24. The molecular formula is C28H21N. The molecule has 0 radical (unpaired) electrons. The first-order valence-corrected chi connectivity index (χ1v) is 10.5. The maximum absolute atomic E-state index is 5.27. The average Bonchev–Trinajstić information content (AvgIpc) is 3.12. The molecule has 0 aromatic heterocycles. The molecule has 3 aliphatic rings. The Kier molecular flexibility index (Phi) is 2.84. The van der Waals surface area contributed by atoms with Crippen LogP contribution < -0.4 is 0 Å². The van der Waals surface area contributed by atoms with Crippen molar-refractivity contribution in [2.45, 2.75) is 32.1 Å². The number of nitrogens with zero attached hydrogens (tertiary/aromatic N) is 1. The van der Waals surface area contributed by atoms with Gasteiger partial charge in [0.05, 0.1) is 11.6 Å². The van der Waals surface area contributed by atoms with E-state index in [1.54, 1.807) is 0 Å². The van der Waals surface area contributed by atoms with Gasteiger partial charge in [-0.15, -0.1) is 0 Å². The fourth-order valence-corrected chi connectivity index (χ4v) is 6.23. The van der Waals surface area contributed by atoms with Crippen LogP contribution in [0.3, 0.4) is 0 Å². The van der Waals surface area contributed by atoms with Gasteiger partial charge in [-0.3, -0.25) is 4.99 Å². The predicted molar refractivity (Wildman–Crippen MR) is 120 cm³/mol. The van der Waals surface area contributed by atoms with Crippen molar-refractivity contribution >= 4 is 22.2 Å². The smallest absolute Gasteiger partial charge is 0.0674 e. The summed E-state index contributed by atoms with van der Waals surface area (Å²) < 4.78 is 0. The number of aliphatic imine (C=N–C) groups is 1. The Morgan fingerprint density at radius 3 is 2.45 bits per heavy atom.